The molecule has 4 aliphatic rings. The molecule has 8 rings (SSSR count). The van der Waals surface area contributed by atoms with Gasteiger partial charge in [0.1, 0.15) is 24.7 Å². The number of pyridine rings is 2. The molecule has 0 spiro atoms. The number of carbonyl (C=O) groups excluding carboxylic acids is 1. The number of ether oxygens (including phenoxy) is 5. The molecule has 69 heavy (non-hydrogen) atoms. The van der Waals surface area contributed by atoms with E-state index in [2.05, 4.69) is 95.8 Å². The van der Waals surface area contributed by atoms with Crippen molar-refractivity contribution in [3.05, 3.63) is 109 Å². The number of hydrogen-bond acceptors (Lipinski definition) is 15. The van der Waals surface area contributed by atoms with Crippen molar-refractivity contribution in [3.8, 4) is 11.5 Å². The molecule has 16 nitrogen and oxygen atoms in total. The Hall–Kier alpha value is -5.36. The van der Waals surface area contributed by atoms with Gasteiger partial charge >= 0.3 is 5.97 Å². The van der Waals surface area contributed by atoms with Crippen LogP contribution < -0.4 is 29.9 Å². The first-order valence-corrected chi connectivity index (χ1v) is 24.4. The van der Waals surface area contributed by atoms with E-state index in [0.717, 1.165) is 102 Å². The van der Waals surface area contributed by atoms with Gasteiger partial charge in [-0.25, -0.2) is 4.79 Å². The van der Waals surface area contributed by atoms with E-state index in [-0.39, 0.29) is 13.9 Å². The van der Waals surface area contributed by atoms with E-state index in [1.54, 1.807) is 0 Å². The highest BCUT2D eigenvalue weighted by Gasteiger charge is 2.25. The number of rotatable bonds is 22. The molecule has 6 heterocycles. The summed E-state index contributed by atoms with van der Waals surface area (Å²) in [6.07, 6.45) is 15.5. The molecular weight excluding hydrogens is 881 g/mol. The van der Waals surface area contributed by atoms with Crippen LogP contribution >= 0.6 is 0 Å². The number of aromatic nitrogens is 2. The average Bonchev–Trinajstić information content (AvgIpc) is 4.13. The molecule has 2 unspecified atom stereocenters. The summed E-state index contributed by atoms with van der Waals surface area (Å²) in [5, 5.41) is 31.7. The number of aliphatic hydroxyl groups excluding tert-OH is 2. The third kappa shape index (κ3) is 19.9. The SMILES string of the molecule is C.O=CO[C@@H](O)[C@H](O)C(=O)O.c1ccc(COCCC2CCN(c3cncc(OCC4CCCN4)c3)CC2)cc1.c1ccc(COCCC2CCN(c3cncc(OCC4CCCN4)c3)CC2)cc1. The molecule has 5 N–H and O–H groups in total. The van der Waals surface area contributed by atoms with Crippen LogP contribution in [0.4, 0.5) is 11.4 Å². The smallest absolute Gasteiger partial charge is 0.339 e. The summed E-state index contributed by atoms with van der Waals surface area (Å²) in [5.74, 6) is 1.61. The highest BCUT2D eigenvalue weighted by molar-refractivity contribution is 5.72. The van der Waals surface area contributed by atoms with Gasteiger partial charge < -0.3 is 59.4 Å². The Balaban J connectivity index is 0.000000213. The fraction of sp³-hybridized carbons (Fsp3) is 0.547. The fourth-order valence-corrected chi connectivity index (χ4v) is 8.75. The maximum Gasteiger partial charge on any atom is 0.339 e. The van der Waals surface area contributed by atoms with Gasteiger partial charge in [0.05, 0.1) is 49.4 Å². The molecule has 0 bridgehead atoms. The Kier molecular flexibility index (Phi) is 24.5. The lowest BCUT2D eigenvalue weighted by Crippen LogP contribution is -2.35. The predicted octanol–water partition coefficient (Wildman–Crippen LogP) is 6.63. The van der Waals surface area contributed by atoms with Crippen LogP contribution in [0.5, 0.6) is 11.5 Å². The normalized spacial score (nSPS) is 19.2. The number of anilines is 2. The third-order valence-electron chi connectivity index (χ3n) is 12.9. The standard InChI is InChI=1S/2C24H33N3O2.C4H6O6.CH4/c2*1-2-5-21(6-3-1)18-28-14-10-20-8-12-27(13-9-20)23-15-24(17-25-16-23)29-19-22-7-4-11-26-22;5-1-10-4(9)2(6)3(7)8;/h2*1-3,5-6,15-17,20,22,26H,4,7-14,18-19H2;1-2,4,6,9H,(H,7,8);1H4/t;;2-,4-;/m..1./s1. The molecular formula is C53H76N6O10. The molecule has 16 heteroatoms. The second-order valence-electron chi connectivity index (χ2n) is 17.9. The zero-order valence-electron chi connectivity index (χ0n) is 39.3. The van der Waals surface area contributed by atoms with Crippen LogP contribution in [0, 0.1) is 11.8 Å². The molecule has 4 aliphatic heterocycles. The summed E-state index contributed by atoms with van der Waals surface area (Å²) in [6.45, 7) is 11.0. The summed E-state index contributed by atoms with van der Waals surface area (Å²) in [6, 6.07) is 26.1. The van der Waals surface area contributed by atoms with Gasteiger partial charge in [-0.2, -0.15) is 0 Å². The first-order valence-electron chi connectivity index (χ1n) is 24.4. The molecule has 0 aliphatic carbocycles. The Bertz CT molecular complexity index is 1870. The average molecular weight is 957 g/mol. The van der Waals surface area contributed by atoms with Crippen molar-refractivity contribution in [2.24, 2.45) is 11.8 Å². The minimum absolute atomic E-state index is 0. The summed E-state index contributed by atoms with van der Waals surface area (Å²) >= 11 is 0. The van der Waals surface area contributed by atoms with E-state index >= 15 is 0 Å². The van der Waals surface area contributed by atoms with Crippen LogP contribution in [0.1, 0.15) is 82.8 Å². The fourth-order valence-electron chi connectivity index (χ4n) is 8.75. The molecule has 2 aromatic heterocycles. The number of aliphatic hydroxyl groups is 2. The monoisotopic (exact) mass is 957 g/mol. The van der Waals surface area contributed by atoms with Crippen LogP contribution in [0.25, 0.3) is 0 Å². The topological polar surface area (TPSA) is 197 Å². The van der Waals surface area contributed by atoms with Gasteiger partial charge in [-0.05, 0) is 100 Å². The van der Waals surface area contributed by atoms with Crippen molar-refractivity contribution in [2.75, 3.05) is 75.5 Å². The highest BCUT2D eigenvalue weighted by Crippen LogP contribution is 2.29. The summed E-state index contributed by atoms with van der Waals surface area (Å²) in [4.78, 5) is 33.0. The van der Waals surface area contributed by atoms with Crippen molar-refractivity contribution < 1.29 is 48.6 Å². The van der Waals surface area contributed by atoms with Crippen LogP contribution in [-0.2, 0) is 37.0 Å². The molecule has 4 atom stereocenters. The number of carbonyl (C=O) groups is 2. The van der Waals surface area contributed by atoms with Gasteiger partial charge in [0.15, 0.2) is 0 Å². The zero-order chi connectivity index (χ0) is 47.6. The van der Waals surface area contributed by atoms with E-state index in [1.807, 2.05) is 36.9 Å². The Morgan fingerprint density at radius 3 is 1.48 bits per heavy atom. The van der Waals surface area contributed by atoms with E-state index in [0.29, 0.717) is 25.3 Å². The van der Waals surface area contributed by atoms with Gasteiger partial charge in [0.2, 0.25) is 12.4 Å². The number of benzene rings is 2. The van der Waals surface area contributed by atoms with Crippen molar-refractivity contribution in [1.82, 2.24) is 20.6 Å². The Labute approximate surface area is 408 Å². The van der Waals surface area contributed by atoms with E-state index < -0.39 is 18.4 Å². The van der Waals surface area contributed by atoms with E-state index in [9.17, 15) is 9.59 Å². The Morgan fingerprint density at radius 2 is 1.10 bits per heavy atom. The van der Waals surface area contributed by atoms with Crippen molar-refractivity contribution in [1.29, 1.82) is 0 Å². The van der Waals surface area contributed by atoms with Crippen LogP contribution in [0.3, 0.4) is 0 Å². The van der Waals surface area contributed by atoms with Crippen molar-refractivity contribution >= 4 is 23.8 Å². The lowest BCUT2D eigenvalue weighted by Gasteiger charge is -2.33. The van der Waals surface area contributed by atoms with Crippen LogP contribution in [-0.4, -0.2) is 128 Å². The van der Waals surface area contributed by atoms with Gasteiger partial charge in [-0.15, -0.1) is 0 Å². The largest absolute Gasteiger partial charge is 0.490 e. The van der Waals surface area contributed by atoms with Gasteiger partial charge in [-0.3, -0.25) is 14.8 Å². The second-order valence-corrected chi connectivity index (χ2v) is 17.9. The highest BCUT2D eigenvalue weighted by atomic mass is 16.6. The van der Waals surface area contributed by atoms with E-state index in [4.69, 9.17) is 34.3 Å². The molecule has 4 fully saturated rings. The summed E-state index contributed by atoms with van der Waals surface area (Å²) in [7, 11) is 0. The van der Waals surface area contributed by atoms with E-state index in [1.165, 1.54) is 73.9 Å². The Morgan fingerprint density at radius 1 is 0.667 bits per heavy atom. The van der Waals surface area contributed by atoms with Crippen LogP contribution in [0.15, 0.2) is 97.6 Å². The first kappa shape index (κ1) is 54.6. The van der Waals surface area contributed by atoms with Crippen molar-refractivity contribution in [2.45, 2.75) is 109 Å². The quantitative estimate of drug-likeness (QED) is 0.0319. The maximum atomic E-state index is 9.81. The molecule has 4 aromatic rings. The molecule has 0 saturated carbocycles. The van der Waals surface area contributed by atoms with Gasteiger partial charge in [0.25, 0.3) is 6.47 Å². The lowest BCUT2D eigenvalue weighted by atomic mass is 9.94. The van der Waals surface area contributed by atoms with Crippen molar-refractivity contribution in [3.63, 3.8) is 0 Å². The summed E-state index contributed by atoms with van der Waals surface area (Å²) in [5.41, 5.74) is 4.86. The minimum Gasteiger partial charge on any atom is -0.490 e. The summed E-state index contributed by atoms with van der Waals surface area (Å²) < 4.78 is 27.4. The number of aliphatic carboxylic acids is 1. The molecule has 0 radical (unpaired) electrons. The number of hydrogen-bond donors (Lipinski definition) is 5. The number of nitrogens with zero attached hydrogens (tertiary/aromatic N) is 4. The second kappa shape index (κ2) is 31.0. The number of nitrogens with one attached hydrogen (secondary N) is 2. The number of piperidine rings is 2. The predicted molar refractivity (Wildman–Crippen MR) is 266 cm³/mol. The zero-order valence-corrected chi connectivity index (χ0v) is 39.3. The third-order valence-corrected chi connectivity index (χ3v) is 12.9. The molecule has 0 amide bonds. The minimum atomic E-state index is -2.09. The number of carboxylic acid groups (broad SMARTS) is 1. The number of carboxylic acids is 1. The molecule has 4 saturated heterocycles. The maximum absolute atomic E-state index is 9.81. The molecule has 2 aromatic carbocycles. The first-order chi connectivity index (χ1) is 33.3. The molecule has 378 valence electrons. The van der Waals surface area contributed by atoms with Gasteiger partial charge in [-0.1, -0.05) is 68.1 Å². The van der Waals surface area contributed by atoms with Gasteiger partial charge in [0, 0.05) is 63.6 Å². The lowest BCUT2D eigenvalue weighted by molar-refractivity contribution is -0.185. The van der Waals surface area contributed by atoms with Crippen LogP contribution in [0.2, 0.25) is 0 Å².